The number of halogens is 1. The third-order valence-electron chi connectivity index (χ3n) is 5.94. The molecule has 1 aliphatic rings. The molecule has 1 unspecified atom stereocenters. The summed E-state index contributed by atoms with van der Waals surface area (Å²) in [6.07, 6.45) is 7.31. The van der Waals surface area contributed by atoms with Gasteiger partial charge in [0.05, 0.1) is 0 Å². The van der Waals surface area contributed by atoms with Crippen molar-refractivity contribution < 1.29 is 32.7 Å². The fourth-order valence-corrected chi connectivity index (χ4v) is 4.67. The molecule has 1 aliphatic carbocycles. The maximum Gasteiger partial charge on any atom is 0.0367 e. The Morgan fingerprint density at radius 3 is 2.52 bits per heavy atom. The monoisotopic (exact) mass is 428 g/mol. The molecule has 0 aliphatic heterocycles. The van der Waals surface area contributed by atoms with Crippen molar-refractivity contribution in [1.82, 2.24) is 0 Å². The van der Waals surface area contributed by atoms with Crippen molar-refractivity contribution in [3.05, 3.63) is 70.8 Å². The zero-order chi connectivity index (χ0) is 16.9. The summed E-state index contributed by atoms with van der Waals surface area (Å²) in [6, 6.07) is 18.2. The molecule has 0 N–H and O–H groups in total. The Balaban J connectivity index is 0.00000225. The Hall–Kier alpha value is -0.166. The van der Waals surface area contributed by atoms with Gasteiger partial charge in [-0.25, -0.2) is 0 Å². The largest absolute Gasteiger partial charge is 0.184 e. The Morgan fingerprint density at radius 1 is 1.00 bits per heavy atom. The van der Waals surface area contributed by atoms with E-state index in [-0.39, 0.29) is 32.7 Å². The summed E-state index contributed by atoms with van der Waals surface area (Å²) in [5.41, 5.74) is 5.79. The van der Waals surface area contributed by atoms with Crippen LogP contribution in [0, 0.1) is 31.7 Å². The Bertz CT molecular complexity index is 652. The minimum Gasteiger partial charge on any atom is -0.184 e. The van der Waals surface area contributed by atoms with Crippen molar-refractivity contribution in [1.29, 1.82) is 0 Å². The maximum absolute atomic E-state index is 6.69. The van der Waals surface area contributed by atoms with E-state index in [0.717, 1.165) is 12.3 Å². The van der Waals surface area contributed by atoms with Crippen molar-refractivity contribution >= 4 is 11.6 Å². The molecule has 3 atom stereocenters. The quantitative estimate of drug-likeness (QED) is 0.374. The molecule has 131 valence electrons. The molecular weight excluding hydrogens is 401 g/mol. The van der Waals surface area contributed by atoms with Gasteiger partial charge in [-0.1, -0.05) is 24.6 Å². The van der Waals surface area contributed by atoms with Crippen LogP contribution >= 0.6 is 11.6 Å². The van der Waals surface area contributed by atoms with Gasteiger partial charge in [0.1, 0.15) is 0 Å². The van der Waals surface area contributed by atoms with E-state index in [1.807, 2.05) is 12.1 Å². The summed E-state index contributed by atoms with van der Waals surface area (Å²) >= 11 is 6.69. The summed E-state index contributed by atoms with van der Waals surface area (Å²) in [5, 5.41) is 0.365. The number of alkyl halides is 1. The van der Waals surface area contributed by atoms with E-state index in [9.17, 15) is 0 Å². The summed E-state index contributed by atoms with van der Waals surface area (Å²) in [7, 11) is 0. The number of benzene rings is 2. The van der Waals surface area contributed by atoms with Gasteiger partial charge in [-0.2, -0.15) is 35.9 Å². The van der Waals surface area contributed by atoms with Crippen LogP contribution in [0.5, 0.6) is 0 Å². The third kappa shape index (κ3) is 5.65. The molecule has 0 nitrogen and oxygen atoms in total. The van der Waals surface area contributed by atoms with Crippen LogP contribution in [0.15, 0.2) is 42.5 Å². The molecule has 1 fully saturated rings. The van der Waals surface area contributed by atoms with Gasteiger partial charge in [-0.05, 0) is 74.5 Å². The van der Waals surface area contributed by atoms with Crippen molar-refractivity contribution in [3.8, 4) is 0 Å². The second kappa shape index (κ2) is 10.2. The fraction of sp³-hybridized carbons (Fsp3) is 0.478. The fourth-order valence-electron chi connectivity index (χ4n) is 4.22. The van der Waals surface area contributed by atoms with Gasteiger partial charge in [-0.3, -0.25) is 0 Å². The molecule has 0 amide bonds. The first-order chi connectivity index (χ1) is 11.6. The zero-order valence-electron chi connectivity index (χ0n) is 15.5. The van der Waals surface area contributed by atoms with Crippen molar-refractivity contribution in [3.63, 3.8) is 0 Å². The van der Waals surface area contributed by atoms with Crippen LogP contribution < -0.4 is 0 Å². The van der Waals surface area contributed by atoms with Crippen molar-refractivity contribution in [2.45, 2.75) is 57.7 Å². The second-order valence-corrected chi connectivity index (χ2v) is 7.92. The first-order valence-electron chi connectivity index (χ1n) is 9.29. The number of aryl methyl sites for hydroxylation is 3. The van der Waals surface area contributed by atoms with Crippen LogP contribution in [0.25, 0.3) is 0 Å². The number of rotatable bonds is 6. The van der Waals surface area contributed by atoms with Gasteiger partial charge in [0.15, 0.2) is 0 Å². The summed E-state index contributed by atoms with van der Waals surface area (Å²) < 4.78 is 0. The topological polar surface area (TPSA) is 0 Å². The Morgan fingerprint density at radius 2 is 1.76 bits per heavy atom. The number of hydrogen-bond acceptors (Lipinski definition) is 0. The van der Waals surface area contributed by atoms with Gasteiger partial charge in [0.25, 0.3) is 0 Å². The van der Waals surface area contributed by atoms with Crippen LogP contribution in [-0.2, 0) is 45.6 Å². The summed E-state index contributed by atoms with van der Waals surface area (Å²) in [6.45, 7) is 4.46. The molecule has 0 spiro atoms. The van der Waals surface area contributed by atoms with E-state index < -0.39 is 0 Å². The number of hydrogen-bond donors (Lipinski definition) is 0. The van der Waals surface area contributed by atoms with E-state index in [2.05, 4.69) is 50.2 Å². The SMILES string of the molecule is Cc1cccc(CC[C@H]2C(Cl)CC[C@@H]2CCc2cc[c-]cc2)c1C.[Y]. The Labute approximate surface area is 183 Å². The molecule has 3 rings (SSSR count). The smallest absolute Gasteiger partial charge is 0.0367 e. The first kappa shape index (κ1) is 21.1. The molecule has 0 heterocycles. The third-order valence-corrected chi connectivity index (χ3v) is 6.48. The molecule has 2 heteroatoms. The van der Waals surface area contributed by atoms with Gasteiger partial charge in [0, 0.05) is 38.1 Å². The van der Waals surface area contributed by atoms with E-state index in [1.165, 1.54) is 54.4 Å². The van der Waals surface area contributed by atoms with Crippen LogP contribution in [-0.4, -0.2) is 5.38 Å². The molecule has 2 aromatic carbocycles. The van der Waals surface area contributed by atoms with Crippen LogP contribution in [0.2, 0.25) is 0 Å². The predicted molar refractivity (Wildman–Crippen MR) is 104 cm³/mol. The van der Waals surface area contributed by atoms with Gasteiger partial charge >= 0.3 is 0 Å². The average molecular weight is 429 g/mol. The van der Waals surface area contributed by atoms with Crippen LogP contribution in [0.1, 0.15) is 47.9 Å². The molecule has 0 saturated heterocycles. The molecular formula is C23H28ClY-. The zero-order valence-corrected chi connectivity index (χ0v) is 19.1. The minimum absolute atomic E-state index is 0. The summed E-state index contributed by atoms with van der Waals surface area (Å²) in [4.78, 5) is 0. The van der Waals surface area contributed by atoms with Crippen LogP contribution in [0.3, 0.4) is 0 Å². The first-order valence-corrected chi connectivity index (χ1v) is 9.73. The van der Waals surface area contributed by atoms with E-state index in [4.69, 9.17) is 11.6 Å². The average Bonchev–Trinajstić information content (AvgIpc) is 2.95. The Kier molecular flexibility index (Phi) is 8.66. The second-order valence-electron chi connectivity index (χ2n) is 7.36. The van der Waals surface area contributed by atoms with Crippen molar-refractivity contribution in [2.75, 3.05) is 0 Å². The molecule has 0 bridgehead atoms. The molecule has 2 aromatic rings. The molecule has 25 heavy (non-hydrogen) atoms. The molecule has 1 saturated carbocycles. The van der Waals surface area contributed by atoms with Crippen molar-refractivity contribution in [2.24, 2.45) is 11.8 Å². The standard InChI is InChI=1S/C23H28Cl.Y/c1-17-7-6-10-20(18(17)2)13-15-22-21(14-16-23(22)24)12-11-19-8-4-3-5-9-19;/h4-10,21-23H,11-16H2,1-2H3;/q-1;/t21-,22+,23?;/m0./s1. The van der Waals surface area contributed by atoms with Crippen LogP contribution in [0.4, 0.5) is 0 Å². The van der Waals surface area contributed by atoms with E-state index in [0.29, 0.717) is 11.3 Å². The van der Waals surface area contributed by atoms with Gasteiger partial charge < -0.3 is 0 Å². The molecule has 0 aromatic heterocycles. The predicted octanol–water partition coefficient (Wildman–Crippen LogP) is 6.30. The van der Waals surface area contributed by atoms with Gasteiger partial charge in [-0.15, -0.1) is 11.6 Å². The minimum atomic E-state index is 0. The van der Waals surface area contributed by atoms with E-state index >= 15 is 0 Å². The van der Waals surface area contributed by atoms with E-state index in [1.54, 1.807) is 0 Å². The summed E-state index contributed by atoms with van der Waals surface area (Å²) in [5.74, 6) is 1.45. The normalized spacial score (nSPS) is 22.6. The van der Waals surface area contributed by atoms with Gasteiger partial charge in [0.2, 0.25) is 0 Å². The maximum atomic E-state index is 6.69. The molecule has 1 radical (unpaired) electrons.